The van der Waals surface area contributed by atoms with E-state index in [1.807, 2.05) is 6.07 Å². The molecule has 0 radical (unpaired) electrons. The van der Waals surface area contributed by atoms with Crippen LogP contribution in [0, 0.1) is 0 Å². The number of hydrogen-bond donors (Lipinski definition) is 1. The van der Waals surface area contributed by atoms with Crippen molar-refractivity contribution in [2.45, 2.75) is 19.5 Å². The van der Waals surface area contributed by atoms with Crippen LogP contribution in [0.5, 0.6) is 5.75 Å². The Morgan fingerprint density at radius 2 is 1.92 bits per heavy atom. The molecule has 0 bridgehead atoms. The van der Waals surface area contributed by atoms with Crippen molar-refractivity contribution in [2.75, 3.05) is 7.05 Å². The second-order valence-corrected chi connectivity index (χ2v) is 5.74. The van der Waals surface area contributed by atoms with Crippen LogP contribution < -0.4 is 10.1 Å². The van der Waals surface area contributed by atoms with Gasteiger partial charge < -0.3 is 15.0 Å². The average molecular weight is 373 g/mol. The third-order valence-corrected chi connectivity index (χ3v) is 3.52. The van der Waals surface area contributed by atoms with E-state index in [9.17, 15) is 18.0 Å². The number of nitrogens with one attached hydrogen (secondary N) is 1. The SMILES string of the molecule is CN(Cc1cccc(Cl)c1)C(=O)NCc1ccccc1OC(F)(F)F. The van der Waals surface area contributed by atoms with E-state index >= 15 is 0 Å². The summed E-state index contributed by atoms with van der Waals surface area (Å²) in [7, 11) is 1.58. The Hall–Kier alpha value is -2.41. The van der Waals surface area contributed by atoms with E-state index in [0.29, 0.717) is 11.6 Å². The minimum absolute atomic E-state index is 0.0923. The molecule has 2 rings (SSSR count). The molecular weight excluding hydrogens is 357 g/mol. The molecule has 2 aromatic rings. The van der Waals surface area contributed by atoms with Crippen LogP contribution in [0.15, 0.2) is 48.5 Å². The first-order valence-corrected chi connectivity index (χ1v) is 7.69. The lowest BCUT2D eigenvalue weighted by Crippen LogP contribution is -2.36. The summed E-state index contributed by atoms with van der Waals surface area (Å²) in [6.45, 7) is 0.220. The first-order chi connectivity index (χ1) is 11.7. The number of carbonyl (C=O) groups excluding carboxylic acids is 1. The minimum Gasteiger partial charge on any atom is -0.405 e. The van der Waals surface area contributed by atoms with Gasteiger partial charge in [-0.25, -0.2) is 4.79 Å². The molecule has 0 aliphatic carbocycles. The summed E-state index contributed by atoms with van der Waals surface area (Å²) >= 11 is 5.89. The zero-order valence-corrected chi connectivity index (χ0v) is 14.1. The number of ether oxygens (including phenoxy) is 1. The third kappa shape index (κ3) is 6.19. The standard InChI is InChI=1S/C17H16ClF3N2O2/c1-23(11-12-5-4-7-14(18)9-12)16(24)22-10-13-6-2-3-8-15(13)25-17(19,20)21/h2-9H,10-11H2,1H3,(H,22,24). The van der Waals surface area contributed by atoms with E-state index in [4.69, 9.17) is 11.6 Å². The predicted molar refractivity (Wildman–Crippen MR) is 88.3 cm³/mol. The molecule has 8 heteroatoms. The van der Waals surface area contributed by atoms with E-state index in [1.54, 1.807) is 31.3 Å². The van der Waals surface area contributed by atoms with Gasteiger partial charge in [0.25, 0.3) is 0 Å². The molecule has 0 heterocycles. The van der Waals surface area contributed by atoms with E-state index in [0.717, 1.165) is 5.56 Å². The number of urea groups is 1. The first kappa shape index (κ1) is 18.9. The highest BCUT2D eigenvalue weighted by molar-refractivity contribution is 6.30. The van der Waals surface area contributed by atoms with Crippen LogP contribution in [-0.4, -0.2) is 24.3 Å². The molecule has 2 aromatic carbocycles. The fourth-order valence-corrected chi connectivity index (χ4v) is 2.37. The van der Waals surface area contributed by atoms with Crippen LogP contribution >= 0.6 is 11.6 Å². The molecule has 0 atom stereocenters. The third-order valence-electron chi connectivity index (χ3n) is 3.28. The number of halogens is 4. The van der Waals surface area contributed by atoms with Crippen LogP contribution in [0.3, 0.4) is 0 Å². The molecule has 0 spiro atoms. The zero-order chi connectivity index (χ0) is 18.4. The molecule has 2 amide bonds. The van der Waals surface area contributed by atoms with Gasteiger partial charge in [-0.2, -0.15) is 0 Å². The van der Waals surface area contributed by atoms with E-state index < -0.39 is 12.4 Å². The van der Waals surface area contributed by atoms with Gasteiger partial charge in [0.05, 0.1) is 0 Å². The Bertz CT molecular complexity index is 738. The summed E-state index contributed by atoms with van der Waals surface area (Å²) in [5, 5.41) is 3.13. The van der Waals surface area contributed by atoms with Crippen LogP contribution in [0.4, 0.5) is 18.0 Å². The number of carbonyl (C=O) groups is 1. The van der Waals surface area contributed by atoms with Crippen molar-refractivity contribution in [1.82, 2.24) is 10.2 Å². The largest absolute Gasteiger partial charge is 0.573 e. The van der Waals surface area contributed by atoms with Crippen LogP contribution in [0.2, 0.25) is 5.02 Å². The molecule has 0 unspecified atom stereocenters. The summed E-state index contributed by atoms with van der Waals surface area (Å²) in [5.74, 6) is -0.340. The highest BCUT2D eigenvalue weighted by Gasteiger charge is 2.32. The highest BCUT2D eigenvalue weighted by atomic mass is 35.5. The molecule has 4 nitrogen and oxygen atoms in total. The lowest BCUT2D eigenvalue weighted by atomic mass is 10.2. The number of hydrogen-bond acceptors (Lipinski definition) is 2. The van der Waals surface area contributed by atoms with E-state index in [1.165, 1.54) is 23.1 Å². The Morgan fingerprint density at radius 1 is 1.20 bits per heavy atom. The predicted octanol–water partition coefficient (Wildman–Crippen LogP) is 4.58. The van der Waals surface area contributed by atoms with Gasteiger partial charge in [-0.3, -0.25) is 0 Å². The number of rotatable bonds is 5. The maximum atomic E-state index is 12.4. The van der Waals surface area contributed by atoms with Gasteiger partial charge >= 0.3 is 12.4 Å². The quantitative estimate of drug-likeness (QED) is 0.834. The van der Waals surface area contributed by atoms with E-state index in [2.05, 4.69) is 10.1 Å². The van der Waals surface area contributed by atoms with Crippen LogP contribution in [-0.2, 0) is 13.1 Å². The summed E-state index contributed by atoms with van der Waals surface area (Å²) in [6, 6.07) is 12.3. The van der Waals surface area contributed by atoms with Gasteiger partial charge in [0.1, 0.15) is 5.75 Å². The molecule has 0 aromatic heterocycles. The fourth-order valence-electron chi connectivity index (χ4n) is 2.16. The van der Waals surface area contributed by atoms with Crippen molar-refractivity contribution in [2.24, 2.45) is 0 Å². The summed E-state index contributed by atoms with van der Waals surface area (Å²) in [6.07, 6.45) is -4.79. The number of nitrogens with zero attached hydrogens (tertiary/aromatic N) is 1. The first-order valence-electron chi connectivity index (χ1n) is 7.31. The van der Waals surface area contributed by atoms with Gasteiger partial charge in [-0.1, -0.05) is 41.9 Å². The Morgan fingerprint density at radius 3 is 2.60 bits per heavy atom. The Balaban J connectivity index is 1.95. The number of alkyl halides is 3. The highest BCUT2D eigenvalue weighted by Crippen LogP contribution is 2.26. The second-order valence-electron chi connectivity index (χ2n) is 5.30. The maximum Gasteiger partial charge on any atom is 0.573 e. The number of amides is 2. The molecule has 1 N–H and O–H groups in total. The molecule has 0 aliphatic rings. The summed E-state index contributed by atoms with van der Waals surface area (Å²) in [5.41, 5.74) is 1.07. The summed E-state index contributed by atoms with van der Waals surface area (Å²) in [4.78, 5) is 13.5. The smallest absolute Gasteiger partial charge is 0.405 e. The average Bonchev–Trinajstić information content (AvgIpc) is 2.52. The molecule has 0 aliphatic heterocycles. The molecule has 134 valence electrons. The van der Waals surface area contributed by atoms with Crippen molar-refractivity contribution >= 4 is 17.6 Å². The summed E-state index contributed by atoms with van der Waals surface area (Å²) < 4.78 is 41.1. The number of benzene rings is 2. The molecular formula is C17H16ClF3N2O2. The Kier molecular flexibility index (Phi) is 6.14. The van der Waals surface area contributed by atoms with Crippen molar-refractivity contribution in [3.63, 3.8) is 0 Å². The molecule has 0 saturated carbocycles. The van der Waals surface area contributed by atoms with Crippen LogP contribution in [0.25, 0.3) is 0 Å². The maximum absolute atomic E-state index is 12.4. The molecule has 0 saturated heterocycles. The van der Waals surface area contributed by atoms with Crippen molar-refractivity contribution < 1.29 is 22.7 Å². The second kappa shape index (κ2) is 8.11. The van der Waals surface area contributed by atoms with Gasteiger partial charge in [0.15, 0.2) is 0 Å². The normalized spacial score (nSPS) is 11.1. The monoisotopic (exact) mass is 372 g/mol. The molecule has 25 heavy (non-hydrogen) atoms. The number of para-hydroxylation sites is 1. The van der Waals surface area contributed by atoms with Crippen molar-refractivity contribution in [3.8, 4) is 5.75 Å². The fraction of sp³-hybridized carbons (Fsp3) is 0.235. The van der Waals surface area contributed by atoms with Crippen molar-refractivity contribution in [3.05, 3.63) is 64.7 Å². The van der Waals surface area contributed by atoms with Gasteiger partial charge in [0.2, 0.25) is 0 Å². The Labute approximate surface area is 148 Å². The van der Waals surface area contributed by atoms with Gasteiger partial charge in [-0.15, -0.1) is 13.2 Å². The van der Waals surface area contributed by atoms with E-state index in [-0.39, 0.29) is 17.9 Å². The topological polar surface area (TPSA) is 41.6 Å². The molecule has 0 fully saturated rings. The van der Waals surface area contributed by atoms with Crippen molar-refractivity contribution in [1.29, 1.82) is 0 Å². The lowest BCUT2D eigenvalue weighted by Gasteiger charge is -2.19. The zero-order valence-electron chi connectivity index (χ0n) is 13.3. The van der Waals surface area contributed by atoms with Gasteiger partial charge in [-0.05, 0) is 23.8 Å². The lowest BCUT2D eigenvalue weighted by molar-refractivity contribution is -0.274. The van der Waals surface area contributed by atoms with Crippen LogP contribution in [0.1, 0.15) is 11.1 Å². The minimum atomic E-state index is -4.79. The van der Waals surface area contributed by atoms with Gasteiger partial charge in [0, 0.05) is 30.7 Å².